The van der Waals surface area contributed by atoms with E-state index in [4.69, 9.17) is 4.74 Å². The van der Waals surface area contributed by atoms with E-state index in [1.807, 2.05) is 18.2 Å². The molecule has 0 radical (unpaired) electrons. The van der Waals surface area contributed by atoms with Gasteiger partial charge in [0.2, 0.25) is 5.91 Å². The van der Waals surface area contributed by atoms with Gasteiger partial charge in [0.05, 0.1) is 48.6 Å². The van der Waals surface area contributed by atoms with Gasteiger partial charge in [-0.25, -0.2) is 0 Å². The molecule has 0 spiro atoms. The number of pyridine rings is 2. The van der Waals surface area contributed by atoms with Gasteiger partial charge in [-0.2, -0.15) is 5.10 Å². The van der Waals surface area contributed by atoms with Crippen molar-refractivity contribution in [3.05, 3.63) is 54.1 Å². The zero-order chi connectivity index (χ0) is 20.2. The first-order chi connectivity index (χ1) is 14.1. The molecule has 150 valence electrons. The molecular formula is C20H22N6O3. The molecule has 4 heterocycles. The number of rotatable bonds is 4. The molecule has 1 saturated heterocycles. The number of aromatic nitrogens is 4. The van der Waals surface area contributed by atoms with E-state index in [9.17, 15) is 9.59 Å². The van der Waals surface area contributed by atoms with Gasteiger partial charge in [0, 0.05) is 32.5 Å². The van der Waals surface area contributed by atoms with Crippen LogP contribution in [0, 0.1) is 5.92 Å². The summed E-state index contributed by atoms with van der Waals surface area (Å²) in [4.78, 5) is 35.8. The number of amides is 2. The Kier molecular flexibility index (Phi) is 5.48. The van der Waals surface area contributed by atoms with Crippen LogP contribution in [0.4, 0.5) is 0 Å². The van der Waals surface area contributed by atoms with E-state index in [1.54, 1.807) is 41.3 Å². The summed E-state index contributed by atoms with van der Waals surface area (Å²) in [5.41, 5.74) is 2.76. The van der Waals surface area contributed by atoms with E-state index in [0.29, 0.717) is 25.3 Å². The van der Waals surface area contributed by atoms with Gasteiger partial charge in [0.1, 0.15) is 5.52 Å². The summed E-state index contributed by atoms with van der Waals surface area (Å²) >= 11 is 0. The van der Waals surface area contributed by atoms with Crippen LogP contribution >= 0.6 is 0 Å². The smallest absolute Gasteiger partial charge is 0.255 e. The Labute approximate surface area is 167 Å². The lowest BCUT2D eigenvalue weighted by molar-refractivity contribution is -0.126. The first-order valence-corrected chi connectivity index (χ1v) is 9.44. The average molecular weight is 394 g/mol. The monoisotopic (exact) mass is 394 g/mol. The van der Waals surface area contributed by atoms with Crippen LogP contribution in [0.25, 0.3) is 11.0 Å². The minimum atomic E-state index is -0.446. The summed E-state index contributed by atoms with van der Waals surface area (Å²) in [6, 6.07) is 7.32. The molecule has 29 heavy (non-hydrogen) atoms. The quantitative estimate of drug-likeness (QED) is 0.701. The molecule has 3 aromatic heterocycles. The van der Waals surface area contributed by atoms with E-state index in [-0.39, 0.29) is 25.0 Å². The lowest BCUT2D eigenvalue weighted by Crippen LogP contribution is -2.41. The van der Waals surface area contributed by atoms with Crippen molar-refractivity contribution >= 4 is 22.8 Å². The summed E-state index contributed by atoms with van der Waals surface area (Å²) < 4.78 is 7.25. The second-order valence-corrected chi connectivity index (χ2v) is 6.96. The molecule has 2 amide bonds. The molecule has 0 saturated carbocycles. The minimum Gasteiger partial charge on any atom is -0.379 e. The molecule has 9 heteroatoms. The molecule has 4 rings (SSSR count). The van der Waals surface area contributed by atoms with Crippen molar-refractivity contribution in [1.29, 1.82) is 0 Å². The van der Waals surface area contributed by atoms with Gasteiger partial charge >= 0.3 is 0 Å². The van der Waals surface area contributed by atoms with Crippen LogP contribution in [0.15, 0.2) is 42.9 Å². The molecule has 9 nitrogen and oxygen atoms in total. The molecule has 0 aromatic carbocycles. The predicted molar refractivity (Wildman–Crippen MR) is 105 cm³/mol. The van der Waals surface area contributed by atoms with Gasteiger partial charge in [-0.05, 0) is 18.2 Å². The molecule has 3 aromatic rings. The van der Waals surface area contributed by atoms with Crippen LogP contribution in [-0.4, -0.2) is 62.8 Å². The maximum Gasteiger partial charge on any atom is 0.255 e. The largest absolute Gasteiger partial charge is 0.379 e. The van der Waals surface area contributed by atoms with Crippen molar-refractivity contribution in [1.82, 2.24) is 30.0 Å². The third-order valence-electron chi connectivity index (χ3n) is 4.94. The number of carbonyl (C=O) groups is 2. The number of nitrogens with one attached hydrogen (secondary N) is 1. The molecule has 0 aliphatic carbocycles. The fourth-order valence-corrected chi connectivity index (χ4v) is 3.30. The number of hydrogen-bond acceptors (Lipinski definition) is 6. The van der Waals surface area contributed by atoms with E-state index >= 15 is 0 Å². The number of hydrogen-bond donors (Lipinski definition) is 1. The number of aryl methyl sites for hydroxylation is 1. The normalized spacial score (nSPS) is 17.1. The fourth-order valence-electron chi connectivity index (χ4n) is 3.30. The molecule has 1 unspecified atom stereocenters. The molecule has 1 N–H and O–H groups in total. The Hall–Kier alpha value is -3.33. The van der Waals surface area contributed by atoms with Crippen LogP contribution in [0.3, 0.4) is 0 Å². The Morgan fingerprint density at radius 3 is 3.00 bits per heavy atom. The zero-order valence-corrected chi connectivity index (χ0v) is 16.1. The van der Waals surface area contributed by atoms with Crippen molar-refractivity contribution < 1.29 is 14.3 Å². The zero-order valence-electron chi connectivity index (χ0n) is 16.1. The van der Waals surface area contributed by atoms with Crippen LogP contribution in [0.1, 0.15) is 16.1 Å². The Morgan fingerprint density at radius 1 is 1.28 bits per heavy atom. The predicted octanol–water partition coefficient (Wildman–Crippen LogP) is 0.768. The van der Waals surface area contributed by atoms with Crippen molar-refractivity contribution in [3.63, 3.8) is 0 Å². The number of fused-ring (bicyclic) bond motifs is 1. The first kappa shape index (κ1) is 19.0. The maximum atomic E-state index is 13.0. The highest BCUT2D eigenvalue weighted by Gasteiger charge is 2.28. The van der Waals surface area contributed by atoms with Crippen LogP contribution in [0.5, 0.6) is 0 Å². The van der Waals surface area contributed by atoms with E-state index in [0.717, 1.165) is 16.7 Å². The third-order valence-corrected chi connectivity index (χ3v) is 4.94. The van der Waals surface area contributed by atoms with E-state index in [1.165, 1.54) is 0 Å². The van der Waals surface area contributed by atoms with Crippen molar-refractivity contribution in [2.45, 2.75) is 6.54 Å². The topological polar surface area (TPSA) is 102 Å². The van der Waals surface area contributed by atoms with Crippen LogP contribution in [-0.2, 0) is 23.1 Å². The number of carbonyl (C=O) groups excluding carboxylic acids is 2. The summed E-state index contributed by atoms with van der Waals surface area (Å²) in [6.07, 6.45) is 4.89. The maximum absolute atomic E-state index is 13.0. The minimum absolute atomic E-state index is 0.157. The average Bonchev–Trinajstić information content (AvgIpc) is 2.96. The van der Waals surface area contributed by atoms with E-state index in [2.05, 4.69) is 20.4 Å². The molecular weight excluding hydrogens is 372 g/mol. The lowest BCUT2D eigenvalue weighted by atomic mass is 10.1. The van der Waals surface area contributed by atoms with Gasteiger partial charge in [-0.1, -0.05) is 6.07 Å². The lowest BCUT2D eigenvalue weighted by Gasteiger charge is -2.23. The first-order valence-electron chi connectivity index (χ1n) is 9.44. The molecule has 1 atom stereocenters. The summed E-state index contributed by atoms with van der Waals surface area (Å²) in [7, 11) is 1.81. The highest BCUT2D eigenvalue weighted by atomic mass is 16.5. The Bertz CT molecular complexity index is 1020. The third kappa shape index (κ3) is 4.24. The molecule has 0 bridgehead atoms. The Balaban J connectivity index is 1.44. The van der Waals surface area contributed by atoms with Crippen LogP contribution < -0.4 is 5.32 Å². The fraction of sp³-hybridized carbons (Fsp3) is 0.350. The number of ether oxygens (including phenoxy) is 1. The van der Waals surface area contributed by atoms with Crippen molar-refractivity contribution in [3.8, 4) is 0 Å². The second kappa shape index (κ2) is 8.36. The summed E-state index contributed by atoms with van der Waals surface area (Å²) in [5.74, 6) is -0.775. The second-order valence-electron chi connectivity index (χ2n) is 6.96. The van der Waals surface area contributed by atoms with Crippen LogP contribution in [0.2, 0.25) is 0 Å². The summed E-state index contributed by atoms with van der Waals surface area (Å²) in [6.45, 7) is 1.71. The van der Waals surface area contributed by atoms with Crippen molar-refractivity contribution in [2.24, 2.45) is 13.0 Å². The van der Waals surface area contributed by atoms with Gasteiger partial charge < -0.3 is 15.0 Å². The highest BCUT2D eigenvalue weighted by Crippen LogP contribution is 2.16. The van der Waals surface area contributed by atoms with Crippen molar-refractivity contribution in [2.75, 3.05) is 26.3 Å². The standard InChI is InChI=1S/C20H22N6O3/c1-25-18-8-14(9-22-17(18)11-24-25)20(28)26-6-7-29-13-15(12-26)19(27)23-10-16-4-2-3-5-21-16/h2-5,8-9,11,15H,6-7,10,12-13H2,1H3,(H,23,27). The molecule has 1 aliphatic heterocycles. The van der Waals surface area contributed by atoms with Gasteiger partial charge in [0.25, 0.3) is 5.91 Å². The SMILES string of the molecule is Cn1ncc2ncc(C(=O)N3CCOCC(C(=O)NCc4ccccn4)C3)cc21. The van der Waals surface area contributed by atoms with Gasteiger partial charge in [-0.3, -0.25) is 24.2 Å². The van der Waals surface area contributed by atoms with E-state index < -0.39 is 5.92 Å². The molecule has 1 fully saturated rings. The van der Waals surface area contributed by atoms with Gasteiger partial charge in [-0.15, -0.1) is 0 Å². The summed E-state index contributed by atoms with van der Waals surface area (Å²) in [5, 5.41) is 7.04. The highest BCUT2D eigenvalue weighted by molar-refractivity contribution is 5.97. The Morgan fingerprint density at radius 2 is 2.17 bits per heavy atom. The number of nitrogens with zero attached hydrogens (tertiary/aromatic N) is 5. The molecule has 1 aliphatic rings. The van der Waals surface area contributed by atoms with Gasteiger partial charge in [0.15, 0.2) is 0 Å².